The van der Waals surface area contributed by atoms with Gasteiger partial charge in [0.2, 0.25) is 5.91 Å². The number of hydrogen-bond acceptors (Lipinski definition) is 2. The van der Waals surface area contributed by atoms with Gasteiger partial charge in [-0.1, -0.05) is 26.7 Å². The second-order valence-electron chi connectivity index (χ2n) is 5.32. The summed E-state index contributed by atoms with van der Waals surface area (Å²) in [7, 11) is 0. The van der Waals surface area contributed by atoms with E-state index in [4.69, 9.17) is 5.11 Å². The minimum absolute atomic E-state index is 0.0741. The van der Waals surface area contributed by atoms with Gasteiger partial charge in [-0.05, 0) is 24.2 Å². The van der Waals surface area contributed by atoms with Gasteiger partial charge in [0.25, 0.3) is 0 Å². The minimum Gasteiger partial charge on any atom is -0.481 e. The predicted molar refractivity (Wildman–Crippen MR) is 61.0 cm³/mol. The Morgan fingerprint density at radius 2 is 1.88 bits per heavy atom. The van der Waals surface area contributed by atoms with Crippen LogP contribution in [0.15, 0.2) is 0 Å². The molecule has 0 aromatic carbocycles. The van der Waals surface area contributed by atoms with Crippen LogP contribution in [0, 0.1) is 11.3 Å². The van der Waals surface area contributed by atoms with Crippen molar-refractivity contribution >= 4 is 11.9 Å². The third kappa shape index (κ3) is 3.83. The maximum atomic E-state index is 11.2. The summed E-state index contributed by atoms with van der Waals surface area (Å²) in [5, 5.41) is 11.2. The third-order valence-corrected chi connectivity index (χ3v) is 3.51. The van der Waals surface area contributed by atoms with Gasteiger partial charge in [-0.2, -0.15) is 0 Å². The number of aliphatic carboxylic acids is 1. The molecule has 4 nitrogen and oxygen atoms in total. The van der Waals surface area contributed by atoms with Crippen LogP contribution in [0.25, 0.3) is 0 Å². The van der Waals surface area contributed by atoms with Crippen LogP contribution in [0.4, 0.5) is 0 Å². The molecule has 0 heterocycles. The Bertz CT molecular complexity index is 267. The van der Waals surface area contributed by atoms with Crippen molar-refractivity contribution < 1.29 is 14.7 Å². The standard InChI is InChI=1S/C12H21NO3/c1-12(2,9-5-3-4-6-9)8-13-10(14)7-11(15)16/h9H,3-8H2,1-2H3,(H,13,14)(H,15,16). The maximum Gasteiger partial charge on any atom is 0.312 e. The van der Waals surface area contributed by atoms with E-state index in [0.29, 0.717) is 12.5 Å². The first-order chi connectivity index (χ1) is 7.42. The van der Waals surface area contributed by atoms with Gasteiger partial charge in [-0.3, -0.25) is 9.59 Å². The van der Waals surface area contributed by atoms with Gasteiger partial charge in [0.15, 0.2) is 0 Å². The number of carbonyl (C=O) groups is 2. The van der Waals surface area contributed by atoms with Gasteiger partial charge in [0, 0.05) is 6.54 Å². The van der Waals surface area contributed by atoms with Crippen molar-refractivity contribution in [2.75, 3.05) is 6.54 Å². The molecular weight excluding hydrogens is 206 g/mol. The molecule has 0 saturated heterocycles. The quantitative estimate of drug-likeness (QED) is 0.704. The van der Waals surface area contributed by atoms with E-state index in [0.717, 1.165) is 0 Å². The molecule has 1 aliphatic carbocycles. The molecule has 1 fully saturated rings. The molecule has 0 bridgehead atoms. The van der Waals surface area contributed by atoms with Crippen LogP contribution in [-0.2, 0) is 9.59 Å². The monoisotopic (exact) mass is 227 g/mol. The summed E-state index contributed by atoms with van der Waals surface area (Å²) in [5.74, 6) is -0.813. The van der Waals surface area contributed by atoms with E-state index in [1.807, 2.05) is 0 Å². The lowest BCUT2D eigenvalue weighted by molar-refractivity contribution is -0.140. The number of carbonyl (C=O) groups excluding carboxylic acids is 1. The van der Waals surface area contributed by atoms with Crippen molar-refractivity contribution in [3.8, 4) is 0 Å². The molecule has 1 rings (SSSR count). The van der Waals surface area contributed by atoms with Crippen molar-refractivity contribution in [3.05, 3.63) is 0 Å². The first-order valence-electron chi connectivity index (χ1n) is 5.90. The Balaban J connectivity index is 2.34. The molecule has 4 heteroatoms. The van der Waals surface area contributed by atoms with Crippen LogP contribution >= 0.6 is 0 Å². The molecule has 0 atom stereocenters. The van der Waals surface area contributed by atoms with Crippen molar-refractivity contribution in [1.29, 1.82) is 0 Å². The van der Waals surface area contributed by atoms with E-state index in [1.54, 1.807) is 0 Å². The normalized spacial score (nSPS) is 17.4. The summed E-state index contributed by atoms with van der Waals surface area (Å²) in [4.78, 5) is 21.6. The molecule has 0 radical (unpaired) electrons. The van der Waals surface area contributed by atoms with E-state index in [1.165, 1.54) is 25.7 Å². The Kier molecular flexibility index (Phi) is 4.33. The number of rotatable bonds is 5. The Morgan fingerprint density at radius 1 is 1.31 bits per heavy atom. The van der Waals surface area contributed by atoms with Crippen LogP contribution in [0.1, 0.15) is 46.0 Å². The molecule has 0 spiro atoms. The molecule has 0 aromatic rings. The molecular formula is C12H21NO3. The topological polar surface area (TPSA) is 66.4 Å². The maximum absolute atomic E-state index is 11.2. The lowest BCUT2D eigenvalue weighted by Gasteiger charge is -2.31. The number of hydrogen-bond donors (Lipinski definition) is 2. The molecule has 1 amide bonds. The lowest BCUT2D eigenvalue weighted by Crippen LogP contribution is -2.38. The van der Waals surface area contributed by atoms with Crippen LogP contribution in [0.3, 0.4) is 0 Å². The zero-order valence-corrected chi connectivity index (χ0v) is 10.1. The van der Waals surface area contributed by atoms with E-state index in [2.05, 4.69) is 19.2 Å². The number of amides is 1. The fourth-order valence-electron chi connectivity index (χ4n) is 2.38. The summed E-state index contributed by atoms with van der Waals surface area (Å²) in [6, 6.07) is 0. The van der Waals surface area contributed by atoms with Crippen molar-refractivity contribution in [1.82, 2.24) is 5.32 Å². The van der Waals surface area contributed by atoms with Gasteiger partial charge in [-0.25, -0.2) is 0 Å². The zero-order chi connectivity index (χ0) is 12.2. The van der Waals surface area contributed by atoms with E-state index in [9.17, 15) is 9.59 Å². The van der Waals surface area contributed by atoms with E-state index >= 15 is 0 Å². The Labute approximate surface area is 96.4 Å². The number of nitrogens with one attached hydrogen (secondary N) is 1. The molecule has 0 aromatic heterocycles. The van der Waals surface area contributed by atoms with Crippen LogP contribution < -0.4 is 5.32 Å². The molecule has 92 valence electrons. The Morgan fingerprint density at radius 3 is 2.38 bits per heavy atom. The number of carboxylic acid groups (broad SMARTS) is 1. The lowest BCUT2D eigenvalue weighted by atomic mass is 9.78. The SMILES string of the molecule is CC(C)(CNC(=O)CC(=O)O)C1CCCC1. The van der Waals surface area contributed by atoms with Crippen molar-refractivity contribution in [2.45, 2.75) is 46.0 Å². The average Bonchev–Trinajstić information content (AvgIpc) is 2.67. The first kappa shape index (κ1) is 13.0. The highest BCUT2D eigenvalue weighted by molar-refractivity contribution is 5.93. The van der Waals surface area contributed by atoms with Gasteiger partial charge >= 0.3 is 5.97 Å². The van der Waals surface area contributed by atoms with Gasteiger partial charge < -0.3 is 10.4 Å². The largest absolute Gasteiger partial charge is 0.481 e. The van der Waals surface area contributed by atoms with Crippen LogP contribution in [0.5, 0.6) is 0 Å². The highest BCUT2D eigenvalue weighted by Crippen LogP contribution is 2.38. The van der Waals surface area contributed by atoms with Crippen LogP contribution in [0.2, 0.25) is 0 Å². The second kappa shape index (κ2) is 5.32. The molecule has 1 aliphatic rings. The van der Waals surface area contributed by atoms with Crippen molar-refractivity contribution in [2.24, 2.45) is 11.3 Å². The molecule has 16 heavy (non-hydrogen) atoms. The summed E-state index contributed by atoms with van der Waals surface area (Å²) < 4.78 is 0. The van der Waals surface area contributed by atoms with Crippen LogP contribution in [-0.4, -0.2) is 23.5 Å². The Hall–Kier alpha value is -1.06. The summed E-state index contributed by atoms with van der Waals surface area (Å²) in [5.41, 5.74) is 0.0741. The second-order valence-corrected chi connectivity index (χ2v) is 5.32. The van der Waals surface area contributed by atoms with E-state index < -0.39 is 18.3 Å². The highest BCUT2D eigenvalue weighted by Gasteiger charge is 2.31. The summed E-state index contributed by atoms with van der Waals surface area (Å²) >= 11 is 0. The first-order valence-corrected chi connectivity index (χ1v) is 5.90. The highest BCUT2D eigenvalue weighted by atomic mass is 16.4. The minimum atomic E-state index is -1.07. The fourth-order valence-corrected chi connectivity index (χ4v) is 2.38. The molecule has 0 aliphatic heterocycles. The molecule has 1 saturated carbocycles. The summed E-state index contributed by atoms with van der Waals surface area (Å²) in [6.07, 6.45) is 4.57. The average molecular weight is 227 g/mol. The van der Waals surface area contributed by atoms with Gasteiger partial charge in [-0.15, -0.1) is 0 Å². The predicted octanol–water partition coefficient (Wildman–Crippen LogP) is 1.79. The van der Waals surface area contributed by atoms with Gasteiger partial charge in [0.1, 0.15) is 6.42 Å². The number of carboxylic acids is 1. The third-order valence-electron chi connectivity index (χ3n) is 3.51. The molecule has 2 N–H and O–H groups in total. The molecule has 0 unspecified atom stereocenters. The van der Waals surface area contributed by atoms with Gasteiger partial charge in [0.05, 0.1) is 0 Å². The fraction of sp³-hybridized carbons (Fsp3) is 0.833. The smallest absolute Gasteiger partial charge is 0.312 e. The summed E-state index contributed by atoms with van der Waals surface area (Å²) in [6.45, 7) is 4.86. The van der Waals surface area contributed by atoms with Crippen molar-refractivity contribution in [3.63, 3.8) is 0 Å². The zero-order valence-electron chi connectivity index (χ0n) is 10.1. The van der Waals surface area contributed by atoms with E-state index in [-0.39, 0.29) is 5.41 Å².